The fourth-order valence-corrected chi connectivity index (χ4v) is 1.61. The first-order valence-electron chi connectivity index (χ1n) is 6.37. The van der Waals surface area contributed by atoms with Crippen molar-refractivity contribution in [1.82, 2.24) is 10.2 Å². The quantitative estimate of drug-likeness (QED) is 0.770. The van der Waals surface area contributed by atoms with Crippen LogP contribution in [0.15, 0.2) is 12.1 Å². The number of carboxylic acids is 1. The minimum Gasteiger partial charge on any atom is -0.476 e. The van der Waals surface area contributed by atoms with Crippen molar-refractivity contribution >= 4 is 5.97 Å². The van der Waals surface area contributed by atoms with E-state index in [1.54, 1.807) is 6.07 Å². The minimum absolute atomic E-state index is 0.0691. The van der Waals surface area contributed by atoms with E-state index in [9.17, 15) is 4.79 Å². The Labute approximate surface area is 107 Å². The Balaban J connectivity index is 2.44. The Hall–Kier alpha value is -1.65. The lowest BCUT2D eigenvalue weighted by Crippen LogP contribution is -2.12. The van der Waals surface area contributed by atoms with E-state index in [0.717, 1.165) is 12.8 Å². The highest BCUT2D eigenvalue weighted by Crippen LogP contribution is 2.14. The van der Waals surface area contributed by atoms with E-state index in [1.165, 1.54) is 18.9 Å². The van der Waals surface area contributed by atoms with Crippen LogP contribution < -0.4 is 4.74 Å². The maximum Gasteiger partial charge on any atom is 0.356 e. The Morgan fingerprint density at radius 1 is 1.39 bits per heavy atom. The number of nitrogens with zero attached hydrogens (tertiary/aromatic N) is 2. The minimum atomic E-state index is -1.08. The Bertz CT molecular complexity index is 365. The molecule has 0 spiro atoms. The van der Waals surface area contributed by atoms with Gasteiger partial charge in [-0.3, -0.25) is 0 Å². The van der Waals surface area contributed by atoms with Crippen molar-refractivity contribution in [3.05, 3.63) is 17.8 Å². The predicted molar refractivity (Wildman–Crippen MR) is 67.8 cm³/mol. The third-order valence-electron chi connectivity index (χ3n) is 2.87. The topological polar surface area (TPSA) is 72.3 Å². The number of ether oxygens (including phenoxy) is 1. The molecule has 0 aromatic carbocycles. The van der Waals surface area contributed by atoms with Gasteiger partial charge < -0.3 is 9.84 Å². The van der Waals surface area contributed by atoms with E-state index in [0.29, 0.717) is 18.4 Å². The summed E-state index contributed by atoms with van der Waals surface area (Å²) in [6, 6.07) is 2.95. The second kappa shape index (κ2) is 7.63. The molecule has 0 bridgehead atoms. The van der Waals surface area contributed by atoms with Crippen LogP contribution in [0, 0.1) is 5.92 Å². The van der Waals surface area contributed by atoms with Crippen LogP contribution in [0.1, 0.15) is 50.0 Å². The summed E-state index contributed by atoms with van der Waals surface area (Å²) < 4.78 is 5.52. The first-order valence-corrected chi connectivity index (χ1v) is 6.37. The molecule has 18 heavy (non-hydrogen) atoms. The fourth-order valence-electron chi connectivity index (χ4n) is 1.61. The van der Waals surface area contributed by atoms with Crippen molar-refractivity contribution in [3.63, 3.8) is 0 Å². The van der Waals surface area contributed by atoms with Gasteiger partial charge in [-0.1, -0.05) is 33.1 Å². The van der Waals surface area contributed by atoms with Crippen LogP contribution in [0.25, 0.3) is 0 Å². The smallest absolute Gasteiger partial charge is 0.356 e. The van der Waals surface area contributed by atoms with Gasteiger partial charge in [0, 0.05) is 6.07 Å². The SMILES string of the molecule is CCCCC(CC)COc1ccc(C(=O)O)nn1. The lowest BCUT2D eigenvalue weighted by Gasteiger charge is -2.14. The van der Waals surface area contributed by atoms with Crippen LogP contribution in [-0.2, 0) is 0 Å². The highest BCUT2D eigenvalue weighted by atomic mass is 16.5. The zero-order chi connectivity index (χ0) is 13.4. The van der Waals surface area contributed by atoms with E-state index in [2.05, 4.69) is 24.0 Å². The normalized spacial score (nSPS) is 12.1. The van der Waals surface area contributed by atoms with Gasteiger partial charge in [0.25, 0.3) is 0 Å². The Morgan fingerprint density at radius 2 is 2.17 bits per heavy atom. The molecular weight excluding hydrogens is 232 g/mol. The molecule has 1 N–H and O–H groups in total. The number of rotatable bonds is 8. The summed E-state index contributed by atoms with van der Waals surface area (Å²) in [6.07, 6.45) is 4.60. The molecule has 5 heteroatoms. The highest BCUT2D eigenvalue weighted by Gasteiger charge is 2.09. The summed E-state index contributed by atoms with van der Waals surface area (Å²) in [5.41, 5.74) is -0.0691. The van der Waals surface area contributed by atoms with Crippen LogP contribution >= 0.6 is 0 Å². The molecule has 0 saturated carbocycles. The molecule has 0 aliphatic carbocycles. The lowest BCUT2D eigenvalue weighted by atomic mass is 10.0. The van der Waals surface area contributed by atoms with Crippen LogP contribution in [0.2, 0.25) is 0 Å². The third kappa shape index (κ3) is 4.69. The number of unbranched alkanes of at least 4 members (excludes halogenated alkanes) is 1. The molecule has 1 atom stereocenters. The molecule has 1 rings (SSSR count). The number of aromatic nitrogens is 2. The number of aromatic carboxylic acids is 1. The van der Waals surface area contributed by atoms with E-state index >= 15 is 0 Å². The van der Waals surface area contributed by atoms with Crippen molar-refractivity contribution < 1.29 is 14.6 Å². The number of carbonyl (C=O) groups is 1. The molecule has 0 amide bonds. The molecule has 1 unspecified atom stereocenters. The zero-order valence-corrected chi connectivity index (χ0v) is 10.9. The van der Waals surface area contributed by atoms with Gasteiger partial charge in [0.2, 0.25) is 5.88 Å². The van der Waals surface area contributed by atoms with E-state index in [4.69, 9.17) is 9.84 Å². The highest BCUT2D eigenvalue weighted by molar-refractivity contribution is 5.84. The summed E-state index contributed by atoms with van der Waals surface area (Å²) in [5.74, 6) is -0.177. The van der Waals surface area contributed by atoms with Gasteiger partial charge in [-0.25, -0.2) is 4.79 Å². The van der Waals surface area contributed by atoms with Gasteiger partial charge >= 0.3 is 5.97 Å². The molecule has 0 aliphatic rings. The van der Waals surface area contributed by atoms with Crippen molar-refractivity contribution in [2.24, 2.45) is 5.92 Å². The second-order valence-electron chi connectivity index (χ2n) is 4.29. The molecular formula is C13H20N2O3. The number of carboxylic acid groups (broad SMARTS) is 1. The molecule has 1 heterocycles. The third-order valence-corrected chi connectivity index (χ3v) is 2.87. The maximum atomic E-state index is 10.6. The molecule has 0 aliphatic heterocycles. The van der Waals surface area contributed by atoms with Crippen LogP contribution in [0.5, 0.6) is 5.88 Å². The summed E-state index contributed by atoms with van der Waals surface area (Å²) in [4.78, 5) is 10.6. The molecule has 0 fully saturated rings. The van der Waals surface area contributed by atoms with Crippen molar-refractivity contribution in [1.29, 1.82) is 0 Å². The molecule has 1 aromatic heterocycles. The van der Waals surface area contributed by atoms with Crippen molar-refractivity contribution in [3.8, 4) is 5.88 Å². The van der Waals surface area contributed by atoms with E-state index in [-0.39, 0.29) is 5.69 Å². The van der Waals surface area contributed by atoms with Gasteiger partial charge in [0.15, 0.2) is 5.69 Å². The first-order chi connectivity index (χ1) is 8.67. The predicted octanol–water partition coefficient (Wildman–Crippen LogP) is 2.77. The lowest BCUT2D eigenvalue weighted by molar-refractivity contribution is 0.0689. The summed E-state index contributed by atoms with van der Waals surface area (Å²) >= 11 is 0. The van der Waals surface area contributed by atoms with E-state index in [1.807, 2.05) is 0 Å². The Morgan fingerprint density at radius 3 is 2.67 bits per heavy atom. The molecule has 1 aromatic rings. The fraction of sp³-hybridized carbons (Fsp3) is 0.615. The largest absolute Gasteiger partial charge is 0.476 e. The Kier molecular flexibility index (Phi) is 6.11. The first kappa shape index (κ1) is 14.4. The van der Waals surface area contributed by atoms with Crippen LogP contribution in [-0.4, -0.2) is 27.9 Å². The number of hydrogen-bond donors (Lipinski definition) is 1. The van der Waals surface area contributed by atoms with Crippen LogP contribution in [0.4, 0.5) is 0 Å². The van der Waals surface area contributed by atoms with Crippen LogP contribution in [0.3, 0.4) is 0 Å². The molecule has 0 radical (unpaired) electrons. The molecule has 0 saturated heterocycles. The second-order valence-corrected chi connectivity index (χ2v) is 4.29. The zero-order valence-electron chi connectivity index (χ0n) is 10.9. The van der Waals surface area contributed by atoms with Gasteiger partial charge in [0.05, 0.1) is 6.61 Å². The summed E-state index contributed by atoms with van der Waals surface area (Å²) in [7, 11) is 0. The molecule has 5 nitrogen and oxygen atoms in total. The summed E-state index contributed by atoms with van der Waals surface area (Å²) in [5, 5.41) is 16.0. The standard InChI is InChI=1S/C13H20N2O3/c1-3-5-6-10(4-2)9-18-12-8-7-11(13(16)17)14-15-12/h7-8,10H,3-6,9H2,1-2H3,(H,16,17). The average molecular weight is 252 g/mol. The van der Waals surface area contributed by atoms with E-state index < -0.39 is 5.97 Å². The summed E-state index contributed by atoms with van der Waals surface area (Å²) in [6.45, 7) is 4.92. The van der Waals surface area contributed by atoms with Crippen molar-refractivity contribution in [2.45, 2.75) is 39.5 Å². The van der Waals surface area contributed by atoms with Gasteiger partial charge in [-0.15, -0.1) is 10.2 Å². The van der Waals surface area contributed by atoms with Gasteiger partial charge in [-0.2, -0.15) is 0 Å². The van der Waals surface area contributed by atoms with Gasteiger partial charge in [0.1, 0.15) is 0 Å². The molecule has 100 valence electrons. The monoisotopic (exact) mass is 252 g/mol. The van der Waals surface area contributed by atoms with Gasteiger partial charge in [-0.05, 0) is 18.4 Å². The average Bonchev–Trinajstić information content (AvgIpc) is 2.39. The number of hydrogen-bond acceptors (Lipinski definition) is 4. The van der Waals surface area contributed by atoms with Crippen molar-refractivity contribution in [2.75, 3.05) is 6.61 Å². The maximum absolute atomic E-state index is 10.6.